The standard InChI is InChI=1S/C19H18F2N4O3/c1-27-16-12-14(2-3-15(16)28-19(20)21)18(26)23-17-7-11-25(24-17)10-6-13-4-8-22-9-5-13/h2-5,7-9,11-12,19H,6,10H2,1H3,(H,23,24,26). The van der Waals surface area contributed by atoms with E-state index in [9.17, 15) is 13.6 Å². The molecule has 7 nitrogen and oxygen atoms in total. The Kier molecular flexibility index (Phi) is 6.15. The van der Waals surface area contributed by atoms with E-state index in [1.54, 1.807) is 29.3 Å². The molecule has 0 bridgehead atoms. The van der Waals surface area contributed by atoms with E-state index < -0.39 is 12.5 Å². The molecule has 0 unspecified atom stereocenters. The Hall–Kier alpha value is -3.49. The molecular formula is C19H18F2N4O3. The van der Waals surface area contributed by atoms with Crippen LogP contribution in [0.25, 0.3) is 0 Å². The average Bonchev–Trinajstić information content (AvgIpc) is 3.14. The van der Waals surface area contributed by atoms with Crippen LogP contribution >= 0.6 is 0 Å². The number of hydrogen-bond donors (Lipinski definition) is 1. The lowest BCUT2D eigenvalue weighted by Crippen LogP contribution is -2.13. The van der Waals surface area contributed by atoms with E-state index in [0.717, 1.165) is 12.0 Å². The van der Waals surface area contributed by atoms with E-state index in [0.29, 0.717) is 12.4 Å². The molecule has 0 spiro atoms. The van der Waals surface area contributed by atoms with Crippen LogP contribution in [0.2, 0.25) is 0 Å². The molecule has 2 heterocycles. The quantitative estimate of drug-likeness (QED) is 0.640. The van der Waals surface area contributed by atoms with Gasteiger partial charge in [0.25, 0.3) is 5.91 Å². The second-order valence-electron chi connectivity index (χ2n) is 5.77. The van der Waals surface area contributed by atoms with Gasteiger partial charge >= 0.3 is 6.61 Å². The maximum absolute atomic E-state index is 12.4. The van der Waals surface area contributed by atoms with Crippen molar-refractivity contribution in [2.24, 2.45) is 0 Å². The van der Waals surface area contributed by atoms with E-state index in [1.807, 2.05) is 12.1 Å². The van der Waals surface area contributed by atoms with Crippen molar-refractivity contribution < 1.29 is 23.0 Å². The molecule has 1 aromatic carbocycles. The number of aromatic nitrogens is 3. The molecule has 3 rings (SSSR count). The van der Waals surface area contributed by atoms with E-state index >= 15 is 0 Å². The molecule has 0 aliphatic rings. The van der Waals surface area contributed by atoms with Crippen molar-refractivity contribution in [2.45, 2.75) is 19.6 Å². The van der Waals surface area contributed by atoms with Crippen LogP contribution in [0.15, 0.2) is 55.0 Å². The lowest BCUT2D eigenvalue weighted by atomic mass is 10.2. The van der Waals surface area contributed by atoms with Crippen LogP contribution in [0.1, 0.15) is 15.9 Å². The summed E-state index contributed by atoms with van der Waals surface area (Å²) in [7, 11) is 1.31. The van der Waals surface area contributed by atoms with Crippen LogP contribution in [0, 0.1) is 0 Å². The number of carbonyl (C=O) groups is 1. The molecule has 28 heavy (non-hydrogen) atoms. The molecule has 1 N–H and O–H groups in total. The van der Waals surface area contributed by atoms with Gasteiger partial charge in [-0.3, -0.25) is 14.5 Å². The number of rotatable bonds is 8. The van der Waals surface area contributed by atoms with E-state index in [1.165, 1.54) is 25.3 Å². The maximum Gasteiger partial charge on any atom is 0.387 e. The number of methoxy groups -OCH3 is 1. The third-order valence-electron chi connectivity index (χ3n) is 3.90. The summed E-state index contributed by atoms with van der Waals surface area (Å²) in [5, 5.41) is 6.97. The van der Waals surface area contributed by atoms with Gasteiger partial charge in [-0.15, -0.1) is 0 Å². The van der Waals surface area contributed by atoms with Crippen molar-refractivity contribution in [1.29, 1.82) is 0 Å². The first kappa shape index (κ1) is 19.3. The third kappa shape index (κ3) is 5.03. The zero-order chi connectivity index (χ0) is 19.9. The predicted molar refractivity (Wildman–Crippen MR) is 97.7 cm³/mol. The molecule has 3 aromatic rings. The van der Waals surface area contributed by atoms with Crippen molar-refractivity contribution >= 4 is 11.7 Å². The Morgan fingerprint density at radius 1 is 1.18 bits per heavy atom. The number of alkyl halides is 2. The lowest BCUT2D eigenvalue weighted by Gasteiger charge is -2.11. The van der Waals surface area contributed by atoms with Gasteiger partial charge in [0.1, 0.15) is 0 Å². The van der Waals surface area contributed by atoms with Crippen LogP contribution in [0.5, 0.6) is 11.5 Å². The first-order valence-electron chi connectivity index (χ1n) is 8.41. The number of carbonyl (C=O) groups excluding carboxylic acids is 1. The molecule has 0 saturated carbocycles. The summed E-state index contributed by atoms with van der Waals surface area (Å²) in [6.07, 6.45) is 6.00. The number of pyridine rings is 1. The number of halogens is 2. The normalized spacial score (nSPS) is 10.7. The van der Waals surface area contributed by atoms with Crippen molar-refractivity contribution in [3.63, 3.8) is 0 Å². The minimum Gasteiger partial charge on any atom is -0.493 e. The Morgan fingerprint density at radius 3 is 2.68 bits per heavy atom. The molecule has 146 valence electrons. The van der Waals surface area contributed by atoms with E-state index in [2.05, 4.69) is 20.1 Å². The molecule has 0 aliphatic heterocycles. The highest BCUT2D eigenvalue weighted by molar-refractivity contribution is 6.04. The fraction of sp³-hybridized carbons (Fsp3) is 0.211. The fourth-order valence-corrected chi connectivity index (χ4v) is 2.54. The largest absolute Gasteiger partial charge is 0.493 e. The second kappa shape index (κ2) is 8.94. The number of ether oxygens (including phenoxy) is 2. The first-order chi connectivity index (χ1) is 13.5. The van der Waals surface area contributed by atoms with Gasteiger partial charge in [-0.1, -0.05) is 0 Å². The first-order valence-corrected chi connectivity index (χ1v) is 8.41. The topological polar surface area (TPSA) is 78.3 Å². The lowest BCUT2D eigenvalue weighted by molar-refractivity contribution is -0.0512. The summed E-state index contributed by atoms with van der Waals surface area (Å²) < 4.78 is 35.8. The van der Waals surface area contributed by atoms with Gasteiger partial charge < -0.3 is 14.8 Å². The van der Waals surface area contributed by atoms with Crippen molar-refractivity contribution in [1.82, 2.24) is 14.8 Å². The summed E-state index contributed by atoms with van der Waals surface area (Å²) in [4.78, 5) is 16.4. The summed E-state index contributed by atoms with van der Waals surface area (Å²) in [6, 6.07) is 9.49. The van der Waals surface area contributed by atoms with Crippen LogP contribution < -0.4 is 14.8 Å². The third-order valence-corrected chi connectivity index (χ3v) is 3.90. The molecule has 0 aliphatic carbocycles. The number of amides is 1. The van der Waals surface area contributed by atoms with Crippen LogP contribution in [-0.4, -0.2) is 34.4 Å². The summed E-state index contributed by atoms with van der Waals surface area (Å²) in [6.45, 7) is -2.34. The van der Waals surface area contributed by atoms with Crippen LogP contribution in [0.4, 0.5) is 14.6 Å². The fourth-order valence-electron chi connectivity index (χ4n) is 2.54. The van der Waals surface area contributed by atoms with Crippen LogP contribution in [0.3, 0.4) is 0 Å². The summed E-state index contributed by atoms with van der Waals surface area (Å²) in [5.74, 6) is -0.168. The molecule has 0 fully saturated rings. The van der Waals surface area contributed by atoms with Crippen molar-refractivity contribution in [3.8, 4) is 11.5 Å². The predicted octanol–water partition coefficient (Wildman–Crippen LogP) is 3.38. The maximum atomic E-state index is 12.4. The highest BCUT2D eigenvalue weighted by Gasteiger charge is 2.15. The molecule has 9 heteroatoms. The Balaban J connectivity index is 1.62. The number of aryl methyl sites for hydroxylation is 2. The molecule has 0 atom stereocenters. The van der Waals surface area contributed by atoms with Crippen molar-refractivity contribution in [2.75, 3.05) is 12.4 Å². The molecule has 0 saturated heterocycles. The summed E-state index contributed by atoms with van der Waals surface area (Å²) >= 11 is 0. The van der Waals surface area contributed by atoms with Gasteiger partial charge in [-0.05, 0) is 42.3 Å². The average molecular weight is 388 g/mol. The molecule has 2 aromatic heterocycles. The molecular weight excluding hydrogens is 370 g/mol. The summed E-state index contributed by atoms with van der Waals surface area (Å²) in [5.41, 5.74) is 1.36. The number of nitrogens with one attached hydrogen (secondary N) is 1. The Labute approximate surface area is 159 Å². The van der Waals surface area contributed by atoms with E-state index in [-0.39, 0.29) is 17.1 Å². The highest BCUT2D eigenvalue weighted by Crippen LogP contribution is 2.29. The zero-order valence-electron chi connectivity index (χ0n) is 15.0. The second-order valence-corrected chi connectivity index (χ2v) is 5.77. The van der Waals surface area contributed by atoms with Gasteiger partial charge in [0.05, 0.1) is 7.11 Å². The minimum absolute atomic E-state index is 0.0378. The monoisotopic (exact) mass is 388 g/mol. The van der Waals surface area contributed by atoms with Gasteiger partial charge in [0.15, 0.2) is 17.3 Å². The van der Waals surface area contributed by atoms with Gasteiger partial charge in [-0.25, -0.2) is 0 Å². The highest BCUT2D eigenvalue weighted by atomic mass is 19.3. The van der Waals surface area contributed by atoms with E-state index in [4.69, 9.17) is 4.74 Å². The van der Waals surface area contributed by atoms with Gasteiger partial charge in [0.2, 0.25) is 0 Å². The Morgan fingerprint density at radius 2 is 1.96 bits per heavy atom. The zero-order valence-corrected chi connectivity index (χ0v) is 15.0. The number of anilines is 1. The molecule has 1 amide bonds. The number of nitrogens with zero attached hydrogens (tertiary/aromatic N) is 3. The van der Waals surface area contributed by atoms with Gasteiger partial charge in [0, 0.05) is 36.8 Å². The van der Waals surface area contributed by atoms with Crippen molar-refractivity contribution in [3.05, 3.63) is 66.1 Å². The number of benzene rings is 1. The van der Waals surface area contributed by atoms with Gasteiger partial charge in [-0.2, -0.15) is 13.9 Å². The van der Waals surface area contributed by atoms with Crippen LogP contribution in [-0.2, 0) is 13.0 Å². The minimum atomic E-state index is -2.98. The number of hydrogen-bond acceptors (Lipinski definition) is 5. The molecule has 0 radical (unpaired) electrons. The smallest absolute Gasteiger partial charge is 0.387 e. The SMILES string of the molecule is COc1cc(C(=O)Nc2ccn(CCc3ccncc3)n2)ccc1OC(F)F. The Bertz CT molecular complexity index is 932.